The van der Waals surface area contributed by atoms with Crippen LogP contribution in [-0.4, -0.2) is 34.5 Å². The molecule has 106 valence electrons. The lowest BCUT2D eigenvalue weighted by Gasteiger charge is -2.16. The summed E-state index contributed by atoms with van der Waals surface area (Å²) in [4.78, 5) is 23.5. The normalized spacial score (nSPS) is 10.8. The van der Waals surface area contributed by atoms with Gasteiger partial charge in [-0.2, -0.15) is 0 Å². The Hall–Kier alpha value is -2.34. The van der Waals surface area contributed by atoms with Crippen LogP contribution in [0.15, 0.2) is 23.0 Å². The summed E-state index contributed by atoms with van der Waals surface area (Å²) in [5.74, 6) is -0.706. The number of hydrogen-bond acceptors (Lipinski definition) is 4. The maximum Gasteiger partial charge on any atom is 0.341 e. The molecular weight excluding hydrogens is 262 g/mol. The van der Waals surface area contributed by atoms with Crippen molar-refractivity contribution in [2.45, 2.75) is 13.5 Å². The smallest absolute Gasteiger partial charge is 0.341 e. The van der Waals surface area contributed by atoms with E-state index in [9.17, 15) is 14.7 Å². The van der Waals surface area contributed by atoms with E-state index in [2.05, 4.69) is 0 Å². The van der Waals surface area contributed by atoms with Crippen molar-refractivity contribution in [3.8, 4) is 5.75 Å². The van der Waals surface area contributed by atoms with Gasteiger partial charge >= 0.3 is 5.97 Å². The lowest BCUT2D eigenvalue weighted by atomic mass is 10.1. The third-order valence-electron chi connectivity index (χ3n) is 3.27. The molecule has 0 bridgehead atoms. The summed E-state index contributed by atoms with van der Waals surface area (Å²) < 4.78 is 6.73. The Morgan fingerprint density at radius 3 is 2.65 bits per heavy atom. The molecule has 0 amide bonds. The summed E-state index contributed by atoms with van der Waals surface area (Å²) in [6, 6.07) is 4.80. The number of ether oxygens (including phenoxy) is 1. The highest BCUT2D eigenvalue weighted by molar-refractivity contribution is 5.94. The molecule has 6 heteroatoms. The molecule has 0 aliphatic carbocycles. The summed E-state index contributed by atoms with van der Waals surface area (Å²) in [5, 5.41) is 18.6. The molecule has 0 unspecified atom stereocenters. The van der Waals surface area contributed by atoms with Crippen molar-refractivity contribution in [1.82, 2.24) is 4.57 Å². The largest absolute Gasteiger partial charge is 0.497 e. The zero-order valence-electron chi connectivity index (χ0n) is 11.2. The zero-order valence-corrected chi connectivity index (χ0v) is 11.2. The number of carbonyl (C=O) groups is 1. The van der Waals surface area contributed by atoms with Gasteiger partial charge in [-0.05, 0) is 19.1 Å². The molecule has 0 radical (unpaired) electrons. The molecule has 2 N–H and O–H groups in total. The van der Waals surface area contributed by atoms with Gasteiger partial charge in [-0.3, -0.25) is 4.79 Å². The van der Waals surface area contributed by atoms with Crippen molar-refractivity contribution in [3.05, 3.63) is 39.7 Å². The first-order chi connectivity index (χ1) is 9.51. The number of rotatable bonds is 4. The van der Waals surface area contributed by atoms with Crippen molar-refractivity contribution >= 4 is 16.9 Å². The van der Waals surface area contributed by atoms with E-state index in [0.29, 0.717) is 22.3 Å². The monoisotopic (exact) mass is 277 g/mol. The molecule has 0 spiro atoms. The standard InChI is InChI=1S/C14H15NO5/c1-8-12(14(18)19)13(17)10-4-3-9(20-2)7-11(10)15(8)5-6-16/h3-4,7,16H,5-6H2,1-2H3,(H,18,19). The second-order valence-electron chi connectivity index (χ2n) is 4.35. The summed E-state index contributed by atoms with van der Waals surface area (Å²) in [7, 11) is 1.51. The van der Waals surface area contributed by atoms with Crippen LogP contribution in [0.4, 0.5) is 0 Å². The molecule has 0 saturated heterocycles. The van der Waals surface area contributed by atoms with Gasteiger partial charge in [-0.1, -0.05) is 0 Å². The van der Waals surface area contributed by atoms with Gasteiger partial charge in [0.05, 0.1) is 19.2 Å². The van der Waals surface area contributed by atoms with E-state index in [1.165, 1.54) is 13.2 Å². The van der Waals surface area contributed by atoms with E-state index in [0.717, 1.165) is 0 Å². The molecule has 1 aromatic heterocycles. The minimum atomic E-state index is -1.27. The predicted octanol–water partition coefficient (Wildman–Crippen LogP) is 1.01. The van der Waals surface area contributed by atoms with Crippen molar-refractivity contribution < 1.29 is 19.7 Å². The summed E-state index contributed by atoms with van der Waals surface area (Å²) in [5.41, 5.74) is 0.0705. The molecule has 0 fully saturated rings. The molecule has 6 nitrogen and oxygen atoms in total. The van der Waals surface area contributed by atoms with Crippen LogP contribution in [0.1, 0.15) is 16.1 Å². The van der Waals surface area contributed by atoms with Gasteiger partial charge in [0.1, 0.15) is 11.3 Å². The highest BCUT2D eigenvalue weighted by Crippen LogP contribution is 2.21. The SMILES string of the molecule is COc1ccc2c(=O)c(C(=O)O)c(C)n(CCO)c2c1. The number of hydrogen-bond donors (Lipinski definition) is 2. The fourth-order valence-corrected chi connectivity index (χ4v) is 2.31. The number of carboxylic acid groups (broad SMARTS) is 1. The van der Waals surface area contributed by atoms with Gasteiger partial charge in [0.15, 0.2) is 0 Å². The second-order valence-corrected chi connectivity index (χ2v) is 4.35. The molecule has 1 heterocycles. The molecule has 2 rings (SSSR count). The number of aromatic nitrogens is 1. The van der Waals surface area contributed by atoms with E-state index in [4.69, 9.17) is 9.84 Å². The first-order valence-electron chi connectivity index (χ1n) is 6.06. The lowest BCUT2D eigenvalue weighted by Crippen LogP contribution is -2.23. The Morgan fingerprint density at radius 1 is 1.40 bits per heavy atom. The quantitative estimate of drug-likeness (QED) is 0.870. The van der Waals surface area contributed by atoms with Crippen LogP contribution in [0.25, 0.3) is 10.9 Å². The first-order valence-corrected chi connectivity index (χ1v) is 6.06. The van der Waals surface area contributed by atoms with E-state index < -0.39 is 11.4 Å². The van der Waals surface area contributed by atoms with E-state index in [-0.39, 0.29) is 18.7 Å². The van der Waals surface area contributed by atoms with Crippen LogP contribution < -0.4 is 10.2 Å². The summed E-state index contributed by atoms with van der Waals surface area (Å²) in [6.45, 7) is 1.60. The molecule has 2 aromatic rings. The maximum atomic E-state index is 12.2. The number of pyridine rings is 1. The topological polar surface area (TPSA) is 88.8 Å². The minimum Gasteiger partial charge on any atom is -0.497 e. The zero-order chi connectivity index (χ0) is 14.9. The van der Waals surface area contributed by atoms with Gasteiger partial charge in [0, 0.05) is 23.7 Å². The van der Waals surface area contributed by atoms with Gasteiger partial charge in [0.25, 0.3) is 0 Å². The molecular formula is C14H15NO5. The number of fused-ring (bicyclic) bond motifs is 1. The van der Waals surface area contributed by atoms with Gasteiger partial charge in [-0.15, -0.1) is 0 Å². The number of aromatic carboxylic acids is 1. The Bertz CT molecular complexity index is 732. The van der Waals surface area contributed by atoms with Crippen LogP contribution in [0, 0.1) is 6.92 Å². The van der Waals surface area contributed by atoms with Crippen LogP contribution in [0.5, 0.6) is 5.75 Å². The predicted molar refractivity (Wildman–Crippen MR) is 73.5 cm³/mol. The van der Waals surface area contributed by atoms with Crippen LogP contribution >= 0.6 is 0 Å². The number of benzene rings is 1. The molecule has 1 aromatic carbocycles. The minimum absolute atomic E-state index is 0.158. The van der Waals surface area contributed by atoms with Crippen molar-refractivity contribution in [2.24, 2.45) is 0 Å². The Labute approximate surface area is 114 Å². The van der Waals surface area contributed by atoms with E-state index >= 15 is 0 Å². The Morgan fingerprint density at radius 2 is 2.10 bits per heavy atom. The summed E-state index contributed by atoms with van der Waals surface area (Å²) >= 11 is 0. The van der Waals surface area contributed by atoms with Crippen molar-refractivity contribution in [1.29, 1.82) is 0 Å². The van der Waals surface area contributed by atoms with Crippen LogP contribution in [0.2, 0.25) is 0 Å². The van der Waals surface area contributed by atoms with Crippen molar-refractivity contribution in [3.63, 3.8) is 0 Å². The van der Waals surface area contributed by atoms with Crippen LogP contribution in [-0.2, 0) is 6.54 Å². The van der Waals surface area contributed by atoms with Crippen LogP contribution in [0.3, 0.4) is 0 Å². The Balaban J connectivity index is 2.95. The average Bonchev–Trinajstić information content (AvgIpc) is 2.42. The average molecular weight is 277 g/mol. The highest BCUT2D eigenvalue weighted by atomic mass is 16.5. The number of nitrogens with zero attached hydrogens (tertiary/aromatic N) is 1. The molecule has 20 heavy (non-hydrogen) atoms. The van der Waals surface area contributed by atoms with Gasteiger partial charge in [0.2, 0.25) is 5.43 Å². The van der Waals surface area contributed by atoms with E-state index in [1.807, 2.05) is 0 Å². The number of aliphatic hydroxyl groups is 1. The van der Waals surface area contributed by atoms with Crippen molar-refractivity contribution in [2.75, 3.05) is 13.7 Å². The Kier molecular flexibility index (Phi) is 3.76. The number of methoxy groups -OCH3 is 1. The fourth-order valence-electron chi connectivity index (χ4n) is 2.31. The number of carboxylic acids is 1. The van der Waals surface area contributed by atoms with E-state index in [1.54, 1.807) is 23.6 Å². The first kappa shape index (κ1) is 14.1. The third kappa shape index (κ3) is 2.14. The molecule has 0 atom stereocenters. The fraction of sp³-hybridized carbons (Fsp3) is 0.286. The maximum absolute atomic E-state index is 12.2. The lowest BCUT2D eigenvalue weighted by molar-refractivity contribution is 0.0693. The molecule has 0 aliphatic heterocycles. The summed E-state index contributed by atoms with van der Waals surface area (Å²) in [6.07, 6.45) is 0. The molecule has 0 saturated carbocycles. The second kappa shape index (κ2) is 5.34. The number of aliphatic hydroxyl groups excluding tert-OH is 1. The highest BCUT2D eigenvalue weighted by Gasteiger charge is 2.19. The molecule has 0 aliphatic rings. The third-order valence-corrected chi connectivity index (χ3v) is 3.27. The van der Waals surface area contributed by atoms with Gasteiger partial charge in [-0.25, -0.2) is 4.79 Å². The van der Waals surface area contributed by atoms with Gasteiger partial charge < -0.3 is 19.5 Å².